The molecule has 1 heterocycles. The number of benzene rings is 13. The molecule has 502 valence electrons. The third-order valence-corrected chi connectivity index (χ3v) is 17.0. The van der Waals surface area contributed by atoms with Crippen molar-refractivity contribution in [2.24, 2.45) is 5.90 Å². The van der Waals surface area contributed by atoms with Crippen LogP contribution in [0.3, 0.4) is 0 Å². The van der Waals surface area contributed by atoms with E-state index in [0.29, 0.717) is 37.0 Å². The summed E-state index contributed by atoms with van der Waals surface area (Å²) < 4.78 is 0. The van der Waals surface area contributed by atoms with Gasteiger partial charge in [0, 0.05) is 6.61 Å². The van der Waals surface area contributed by atoms with E-state index in [2.05, 4.69) is 66.7 Å². The van der Waals surface area contributed by atoms with Gasteiger partial charge in [-0.3, -0.25) is 19.2 Å². The Morgan fingerprint density at radius 1 is 0.307 bits per heavy atom. The molecule has 14 rings (SSSR count). The number of carboxylic acid groups (broad SMARTS) is 1. The van der Waals surface area contributed by atoms with E-state index in [1.54, 1.807) is 84.9 Å². The fraction of sp³-hybridized carbons (Fsp3) is 0.0795. The smallest absolute Gasteiger partial charge is 0.307 e. The maximum atomic E-state index is 12.6. The summed E-state index contributed by atoms with van der Waals surface area (Å²) in [5.41, 5.74) is 20.9. The number of aliphatic hydroxyl groups is 1. The number of hydrogen-bond acceptors (Lipinski definition) is 11. The molecule has 1 aliphatic rings. The van der Waals surface area contributed by atoms with Crippen LogP contribution < -0.4 is 5.90 Å². The molecule has 0 aliphatic carbocycles. The van der Waals surface area contributed by atoms with E-state index < -0.39 is 17.8 Å². The standard InChI is InChI=1S/C28H21NO4.C20H19NO2.C20H16O3.C20H18O2/c30-23-10-6-9-21(18-23)24-14-13-20(19-7-2-1-3-8-19)17-22(24)15-16-33-29-27(31)25-11-4-5-12-26(25)28(29)32;21-23-12-11-18-13-16(15-5-2-1-3-6-15)9-10-20(18)17-7-4-8-19(22)14-17;21-18-8-4-7-16(12-18)19-10-9-15(11-17(19)13-20(22)23)14-5-2-1-3-6-14;21-12-11-18-13-16(15-5-2-1-3-6-15)9-10-20(18)17-7-4-8-19(22)14-17/h1-14,17-18,30H,15-16H2;1-10,13-14,22H,11-12,21H2;1-12,21H,13H2,(H,22,23);1-10,13-14,21-22H,11-12H2. The maximum Gasteiger partial charge on any atom is 0.307 e. The normalized spacial score (nSPS) is 11.3. The van der Waals surface area contributed by atoms with Gasteiger partial charge in [0.05, 0.1) is 30.8 Å². The Bertz CT molecular complexity index is 4940. The summed E-state index contributed by atoms with van der Waals surface area (Å²) in [4.78, 5) is 46.8. The Morgan fingerprint density at radius 2 is 0.594 bits per heavy atom. The number of nitrogens with two attached hydrogens (primary N) is 1. The van der Waals surface area contributed by atoms with Crippen molar-refractivity contribution in [3.63, 3.8) is 0 Å². The maximum absolute atomic E-state index is 12.6. The fourth-order valence-corrected chi connectivity index (χ4v) is 12.2. The predicted octanol–water partition coefficient (Wildman–Crippen LogP) is 18.3. The van der Waals surface area contributed by atoms with E-state index in [9.17, 15) is 45.0 Å². The highest BCUT2D eigenvalue weighted by Crippen LogP contribution is 2.36. The second-order valence-electron chi connectivity index (χ2n) is 23.9. The van der Waals surface area contributed by atoms with E-state index in [1.807, 2.05) is 164 Å². The lowest BCUT2D eigenvalue weighted by Gasteiger charge is -2.16. The van der Waals surface area contributed by atoms with Crippen molar-refractivity contribution in [1.82, 2.24) is 5.06 Å². The van der Waals surface area contributed by atoms with Gasteiger partial charge in [0.1, 0.15) is 23.0 Å². The molecule has 1 aliphatic heterocycles. The number of aliphatic carboxylic acids is 1. The Labute approximate surface area is 586 Å². The summed E-state index contributed by atoms with van der Waals surface area (Å²) in [6.07, 6.45) is 1.71. The summed E-state index contributed by atoms with van der Waals surface area (Å²) in [6, 6.07) is 100.0. The van der Waals surface area contributed by atoms with Crippen LogP contribution in [0.1, 0.15) is 43.0 Å². The van der Waals surface area contributed by atoms with Crippen LogP contribution in [0.5, 0.6) is 23.0 Å². The van der Waals surface area contributed by atoms with Gasteiger partial charge in [-0.05, 0) is 197 Å². The van der Waals surface area contributed by atoms with Gasteiger partial charge in [0.15, 0.2) is 0 Å². The molecule has 0 spiro atoms. The van der Waals surface area contributed by atoms with E-state index in [1.165, 1.54) is 5.56 Å². The summed E-state index contributed by atoms with van der Waals surface area (Å²) >= 11 is 0. The SMILES string of the molecule is NOCCc1cc(-c2ccccc2)ccc1-c1cccc(O)c1.O=C(O)Cc1cc(-c2ccccc2)ccc1-c1cccc(O)c1.O=C1c2ccccc2C(=O)N1OCCc1cc(-c2ccccc2)ccc1-c1cccc(O)c1.OCCc1cc(-c2ccccc2)ccc1-c1cccc(O)c1. The molecule has 0 saturated carbocycles. The average molecular weight is 1340 g/mol. The molecule has 13 heteroatoms. The van der Waals surface area contributed by atoms with Gasteiger partial charge in [0.2, 0.25) is 0 Å². The second kappa shape index (κ2) is 34.1. The Morgan fingerprint density at radius 3 is 0.901 bits per heavy atom. The van der Waals surface area contributed by atoms with Crippen molar-refractivity contribution in [2.75, 3.05) is 19.8 Å². The molecule has 13 aromatic rings. The molecular weight excluding hydrogens is 1260 g/mol. The van der Waals surface area contributed by atoms with Gasteiger partial charge in [-0.1, -0.05) is 249 Å². The summed E-state index contributed by atoms with van der Waals surface area (Å²) in [7, 11) is 0. The van der Waals surface area contributed by atoms with Crippen LogP contribution in [0.4, 0.5) is 0 Å². The number of hydroxylamine groups is 2. The molecular formula is C88H74N2O11. The number of aliphatic hydroxyl groups excluding tert-OH is 1. The number of carboxylic acids is 1. The van der Waals surface area contributed by atoms with Gasteiger partial charge in [0.25, 0.3) is 11.8 Å². The third kappa shape index (κ3) is 18.2. The number of carbonyl (C=O) groups excluding carboxylic acids is 2. The largest absolute Gasteiger partial charge is 0.508 e. The van der Waals surface area contributed by atoms with Crippen LogP contribution in [0, 0.1) is 0 Å². The first kappa shape index (κ1) is 69.8. The molecule has 13 nitrogen and oxygen atoms in total. The number of imide groups is 1. The molecule has 0 saturated heterocycles. The lowest BCUT2D eigenvalue weighted by Crippen LogP contribution is -2.30. The summed E-state index contributed by atoms with van der Waals surface area (Å²) in [5.74, 6) is 4.29. The van der Waals surface area contributed by atoms with Crippen LogP contribution in [0.25, 0.3) is 89.0 Å². The highest BCUT2D eigenvalue weighted by molar-refractivity contribution is 6.20. The fourth-order valence-electron chi connectivity index (χ4n) is 12.2. The Hall–Kier alpha value is -12.5. The molecule has 8 N–H and O–H groups in total. The van der Waals surface area contributed by atoms with Crippen molar-refractivity contribution in [3.8, 4) is 112 Å². The van der Waals surface area contributed by atoms with E-state index in [0.717, 1.165) is 111 Å². The first-order valence-electron chi connectivity index (χ1n) is 33.0. The number of hydrogen-bond donors (Lipinski definition) is 7. The molecule has 101 heavy (non-hydrogen) atoms. The van der Waals surface area contributed by atoms with Gasteiger partial charge in [-0.25, -0.2) is 5.90 Å². The van der Waals surface area contributed by atoms with Crippen LogP contribution in [0.15, 0.2) is 315 Å². The predicted molar refractivity (Wildman–Crippen MR) is 398 cm³/mol. The van der Waals surface area contributed by atoms with Crippen molar-refractivity contribution in [3.05, 3.63) is 349 Å². The lowest BCUT2D eigenvalue weighted by atomic mass is 9.93. The number of rotatable bonds is 19. The van der Waals surface area contributed by atoms with Gasteiger partial charge < -0.3 is 35.5 Å². The first-order chi connectivity index (χ1) is 49.3. The zero-order valence-electron chi connectivity index (χ0n) is 55.2. The number of nitrogens with zero attached hydrogens (tertiary/aromatic N) is 1. The molecule has 0 atom stereocenters. The first-order valence-corrected chi connectivity index (χ1v) is 33.0. The van der Waals surface area contributed by atoms with E-state index >= 15 is 0 Å². The zero-order chi connectivity index (χ0) is 70.5. The second-order valence-corrected chi connectivity index (χ2v) is 23.9. The van der Waals surface area contributed by atoms with Crippen molar-refractivity contribution in [2.45, 2.75) is 25.7 Å². The monoisotopic (exact) mass is 1330 g/mol. The lowest BCUT2D eigenvalue weighted by molar-refractivity contribution is -0.136. The third-order valence-electron chi connectivity index (χ3n) is 17.0. The minimum atomic E-state index is -0.878. The minimum absolute atomic E-state index is 0.0638. The number of carbonyl (C=O) groups is 3. The number of fused-ring (bicyclic) bond motifs is 1. The zero-order valence-corrected chi connectivity index (χ0v) is 55.2. The van der Waals surface area contributed by atoms with Gasteiger partial charge in [-0.2, -0.15) is 0 Å². The molecule has 13 aromatic carbocycles. The van der Waals surface area contributed by atoms with E-state index in [4.69, 9.17) is 15.6 Å². The van der Waals surface area contributed by atoms with Crippen LogP contribution in [-0.2, 0) is 40.2 Å². The topological polar surface area (TPSA) is 220 Å². The quantitative estimate of drug-likeness (QED) is 0.0297. The highest BCUT2D eigenvalue weighted by Gasteiger charge is 2.36. The van der Waals surface area contributed by atoms with Crippen molar-refractivity contribution < 1.29 is 54.7 Å². The van der Waals surface area contributed by atoms with E-state index in [-0.39, 0.29) is 42.6 Å². The van der Waals surface area contributed by atoms with Crippen LogP contribution >= 0.6 is 0 Å². The molecule has 0 radical (unpaired) electrons. The number of phenolic OH excluding ortho intramolecular Hbond substituents is 4. The van der Waals surface area contributed by atoms with Crippen LogP contribution in [0.2, 0.25) is 0 Å². The van der Waals surface area contributed by atoms with Crippen molar-refractivity contribution in [1.29, 1.82) is 0 Å². The van der Waals surface area contributed by atoms with Crippen molar-refractivity contribution >= 4 is 17.8 Å². The summed E-state index contributed by atoms with van der Waals surface area (Å²) in [6.45, 7) is 0.698. The minimum Gasteiger partial charge on any atom is -0.508 e. The Kier molecular flexibility index (Phi) is 23.6. The molecule has 0 bridgehead atoms. The Balaban J connectivity index is 0.000000138. The number of amides is 2. The number of aromatic hydroxyl groups is 4. The van der Waals surface area contributed by atoms with Gasteiger partial charge in [-0.15, -0.1) is 5.06 Å². The molecule has 2 amide bonds. The molecule has 0 unspecified atom stereocenters. The summed E-state index contributed by atoms with van der Waals surface area (Å²) in [5, 5.41) is 58.4. The average Bonchev–Trinajstić information content (AvgIpc) is 1.74. The molecule has 0 aromatic heterocycles. The van der Waals surface area contributed by atoms with Gasteiger partial charge >= 0.3 is 5.97 Å². The highest BCUT2D eigenvalue weighted by atomic mass is 16.7. The van der Waals surface area contributed by atoms with Crippen LogP contribution in [-0.4, -0.2) is 73.3 Å². The number of phenols is 4. The molecule has 0 fully saturated rings.